The van der Waals surface area contributed by atoms with E-state index in [0.29, 0.717) is 28.9 Å². The molecule has 4 nitrogen and oxygen atoms in total. The third-order valence-corrected chi connectivity index (χ3v) is 2.29. The normalized spacial score (nSPS) is 10.4. The lowest BCUT2D eigenvalue weighted by Crippen LogP contribution is -1.91. The number of rotatable bonds is 4. The van der Waals surface area contributed by atoms with Crippen LogP contribution < -0.4 is 9.47 Å². The molecule has 0 amide bonds. The number of carbonyl (C=O) groups is 1. The van der Waals surface area contributed by atoms with Gasteiger partial charge in [0.25, 0.3) is 5.95 Å². The summed E-state index contributed by atoms with van der Waals surface area (Å²) in [6, 6.07) is 5.41. The molecule has 4 heteroatoms. The summed E-state index contributed by atoms with van der Waals surface area (Å²) < 4.78 is 15.9. The number of hydrogen-bond donors (Lipinski definition) is 0. The zero-order valence-electron chi connectivity index (χ0n) is 9.15. The number of carbonyl (C=O) groups excluding carboxylic acids is 1. The lowest BCUT2D eigenvalue weighted by atomic mass is 10.2. The quantitative estimate of drug-likeness (QED) is 0.743. The standard InChI is InChI=1S/C12H12O4/c1-3-15-10-6-4-5-8-9(7-13)12(14-2)16-11(8)10/h4-7H,3H2,1-2H3. The maximum Gasteiger partial charge on any atom is 0.296 e. The number of para-hydroxylation sites is 1. The minimum atomic E-state index is 0.220. The summed E-state index contributed by atoms with van der Waals surface area (Å²) in [4.78, 5) is 10.9. The average molecular weight is 220 g/mol. The predicted octanol–water partition coefficient (Wildman–Crippen LogP) is 2.65. The van der Waals surface area contributed by atoms with Gasteiger partial charge in [-0.05, 0) is 19.1 Å². The minimum Gasteiger partial charge on any atom is -0.490 e. The Morgan fingerprint density at radius 3 is 2.88 bits per heavy atom. The molecule has 2 rings (SSSR count). The van der Waals surface area contributed by atoms with Crippen LogP contribution in [0.1, 0.15) is 17.3 Å². The zero-order valence-corrected chi connectivity index (χ0v) is 9.15. The van der Waals surface area contributed by atoms with Crippen LogP contribution in [-0.4, -0.2) is 20.0 Å². The Labute approximate surface area is 92.8 Å². The van der Waals surface area contributed by atoms with Gasteiger partial charge in [-0.15, -0.1) is 0 Å². The van der Waals surface area contributed by atoms with Gasteiger partial charge in [-0.3, -0.25) is 4.79 Å². The molecule has 0 bridgehead atoms. The lowest BCUT2D eigenvalue weighted by molar-refractivity contribution is 0.111. The smallest absolute Gasteiger partial charge is 0.296 e. The molecule has 16 heavy (non-hydrogen) atoms. The molecule has 0 unspecified atom stereocenters. The highest BCUT2D eigenvalue weighted by Crippen LogP contribution is 2.35. The maximum absolute atomic E-state index is 10.9. The largest absolute Gasteiger partial charge is 0.490 e. The summed E-state index contributed by atoms with van der Waals surface area (Å²) in [7, 11) is 1.46. The maximum atomic E-state index is 10.9. The number of furan rings is 1. The molecule has 0 atom stereocenters. The van der Waals surface area contributed by atoms with Crippen molar-refractivity contribution in [3.05, 3.63) is 23.8 Å². The van der Waals surface area contributed by atoms with Crippen LogP contribution in [0.5, 0.6) is 11.7 Å². The molecule has 2 aromatic rings. The van der Waals surface area contributed by atoms with Gasteiger partial charge in [-0.2, -0.15) is 0 Å². The number of hydrogen-bond acceptors (Lipinski definition) is 4. The van der Waals surface area contributed by atoms with Gasteiger partial charge in [0.05, 0.1) is 13.7 Å². The molecule has 0 spiro atoms. The van der Waals surface area contributed by atoms with Crippen molar-refractivity contribution in [2.45, 2.75) is 6.92 Å². The number of fused-ring (bicyclic) bond motifs is 1. The van der Waals surface area contributed by atoms with Crippen molar-refractivity contribution >= 4 is 17.3 Å². The average Bonchev–Trinajstić information content (AvgIpc) is 2.68. The predicted molar refractivity (Wildman–Crippen MR) is 59.3 cm³/mol. The Balaban J connectivity index is 2.69. The first-order valence-corrected chi connectivity index (χ1v) is 4.99. The molecule has 1 heterocycles. The Kier molecular flexibility index (Phi) is 2.81. The van der Waals surface area contributed by atoms with Gasteiger partial charge in [-0.25, -0.2) is 0 Å². The van der Waals surface area contributed by atoms with Gasteiger partial charge < -0.3 is 13.9 Å². The molecule has 0 aliphatic carbocycles. The van der Waals surface area contributed by atoms with E-state index in [-0.39, 0.29) is 5.95 Å². The van der Waals surface area contributed by atoms with E-state index in [1.165, 1.54) is 7.11 Å². The molecule has 0 saturated carbocycles. The highest BCUT2D eigenvalue weighted by Gasteiger charge is 2.16. The Morgan fingerprint density at radius 1 is 1.44 bits per heavy atom. The molecule has 1 aromatic carbocycles. The zero-order chi connectivity index (χ0) is 11.5. The van der Waals surface area contributed by atoms with E-state index in [1.807, 2.05) is 13.0 Å². The van der Waals surface area contributed by atoms with Gasteiger partial charge in [0.15, 0.2) is 17.6 Å². The summed E-state index contributed by atoms with van der Waals surface area (Å²) in [6.45, 7) is 2.43. The van der Waals surface area contributed by atoms with Crippen LogP contribution in [0, 0.1) is 0 Å². The molecular formula is C12H12O4. The van der Waals surface area contributed by atoms with Crippen molar-refractivity contribution in [2.24, 2.45) is 0 Å². The van der Waals surface area contributed by atoms with Gasteiger partial charge in [0.1, 0.15) is 5.56 Å². The fourth-order valence-electron chi connectivity index (χ4n) is 1.62. The van der Waals surface area contributed by atoms with E-state index < -0.39 is 0 Å². The van der Waals surface area contributed by atoms with Crippen molar-refractivity contribution in [3.63, 3.8) is 0 Å². The SMILES string of the molecule is CCOc1cccc2c(C=O)c(OC)oc12. The summed E-state index contributed by atoms with van der Waals surface area (Å²) in [6.07, 6.45) is 0.723. The molecule has 0 aliphatic heterocycles. The second-order valence-corrected chi connectivity index (χ2v) is 3.19. The third kappa shape index (κ3) is 1.52. The third-order valence-electron chi connectivity index (χ3n) is 2.29. The first-order chi connectivity index (χ1) is 7.81. The van der Waals surface area contributed by atoms with Crippen LogP contribution in [0.2, 0.25) is 0 Å². The summed E-state index contributed by atoms with van der Waals surface area (Å²) in [5.41, 5.74) is 0.961. The fourth-order valence-corrected chi connectivity index (χ4v) is 1.62. The fraction of sp³-hybridized carbons (Fsp3) is 0.250. The molecule has 84 valence electrons. The van der Waals surface area contributed by atoms with Crippen LogP contribution in [0.3, 0.4) is 0 Å². The molecule has 0 aliphatic rings. The van der Waals surface area contributed by atoms with E-state index in [1.54, 1.807) is 12.1 Å². The van der Waals surface area contributed by atoms with Gasteiger partial charge in [0, 0.05) is 5.39 Å². The van der Waals surface area contributed by atoms with Crippen LogP contribution in [0.15, 0.2) is 22.6 Å². The molecule has 0 fully saturated rings. The number of ether oxygens (including phenoxy) is 2. The highest BCUT2D eigenvalue weighted by molar-refractivity contribution is 6.00. The lowest BCUT2D eigenvalue weighted by Gasteiger charge is -2.01. The van der Waals surface area contributed by atoms with Gasteiger partial charge in [0.2, 0.25) is 0 Å². The van der Waals surface area contributed by atoms with Crippen molar-refractivity contribution in [1.82, 2.24) is 0 Å². The second-order valence-electron chi connectivity index (χ2n) is 3.19. The van der Waals surface area contributed by atoms with Crippen LogP contribution >= 0.6 is 0 Å². The van der Waals surface area contributed by atoms with E-state index in [0.717, 1.165) is 6.29 Å². The van der Waals surface area contributed by atoms with Crippen LogP contribution in [0.4, 0.5) is 0 Å². The van der Waals surface area contributed by atoms with E-state index in [2.05, 4.69) is 0 Å². The molecule has 0 N–H and O–H groups in total. The Morgan fingerprint density at radius 2 is 2.25 bits per heavy atom. The van der Waals surface area contributed by atoms with Crippen LogP contribution in [0.25, 0.3) is 11.0 Å². The van der Waals surface area contributed by atoms with Gasteiger partial charge in [-0.1, -0.05) is 6.07 Å². The molecule has 0 radical (unpaired) electrons. The summed E-state index contributed by atoms with van der Waals surface area (Å²) in [5, 5.41) is 0.706. The summed E-state index contributed by atoms with van der Waals surface area (Å²) >= 11 is 0. The topological polar surface area (TPSA) is 48.7 Å². The number of methoxy groups -OCH3 is 1. The van der Waals surface area contributed by atoms with Crippen molar-refractivity contribution in [1.29, 1.82) is 0 Å². The molecule has 1 aromatic heterocycles. The first kappa shape index (κ1) is 10.5. The molecular weight excluding hydrogens is 208 g/mol. The highest BCUT2D eigenvalue weighted by atomic mass is 16.6. The van der Waals surface area contributed by atoms with E-state index >= 15 is 0 Å². The monoisotopic (exact) mass is 220 g/mol. The van der Waals surface area contributed by atoms with Crippen molar-refractivity contribution in [2.75, 3.05) is 13.7 Å². The van der Waals surface area contributed by atoms with E-state index in [9.17, 15) is 4.79 Å². The number of benzene rings is 1. The van der Waals surface area contributed by atoms with Crippen molar-refractivity contribution in [3.8, 4) is 11.7 Å². The minimum absolute atomic E-state index is 0.220. The van der Waals surface area contributed by atoms with Gasteiger partial charge >= 0.3 is 0 Å². The molecule has 0 saturated heterocycles. The van der Waals surface area contributed by atoms with Crippen molar-refractivity contribution < 1.29 is 18.7 Å². The van der Waals surface area contributed by atoms with Crippen LogP contribution in [-0.2, 0) is 0 Å². The van der Waals surface area contributed by atoms with E-state index in [4.69, 9.17) is 13.9 Å². The number of aldehydes is 1. The summed E-state index contributed by atoms with van der Waals surface area (Å²) in [5.74, 6) is 0.837. The second kappa shape index (κ2) is 4.26. The first-order valence-electron chi connectivity index (χ1n) is 4.99. The Hall–Kier alpha value is -1.97. The Bertz CT molecular complexity index is 513.